The molecule has 0 spiro atoms. The minimum absolute atomic E-state index is 0.0714. The molecule has 2 aromatic heterocycles. The fourth-order valence-electron chi connectivity index (χ4n) is 2.47. The highest BCUT2D eigenvalue weighted by atomic mass is 32.2. The van der Waals surface area contributed by atoms with Crippen molar-refractivity contribution in [2.24, 2.45) is 0 Å². The predicted octanol–water partition coefficient (Wildman–Crippen LogP) is 3.60. The summed E-state index contributed by atoms with van der Waals surface area (Å²) in [4.78, 5) is 22.9. The third kappa shape index (κ3) is 5.72. The second-order valence-corrected chi connectivity index (χ2v) is 7.93. The first kappa shape index (κ1) is 20.2. The minimum Gasteiger partial charge on any atom is -0.311 e. The molecule has 28 heavy (non-hydrogen) atoms. The van der Waals surface area contributed by atoms with Gasteiger partial charge in [-0.05, 0) is 30.5 Å². The minimum atomic E-state index is -0.457. The van der Waals surface area contributed by atoms with Gasteiger partial charge in [-0.1, -0.05) is 18.2 Å². The predicted molar refractivity (Wildman–Crippen MR) is 115 cm³/mol. The topological polar surface area (TPSA) is 90.8 Å². The van der Waals surface area contributed by atoms with Crippen molar-refractivity contribution in [3.63, 3.8) is 0 Å². The van der Waals surface area contributed by atoms with E-state index in [4.69, 9.17) is 5.41 Å². The number of pyridine rings is 1. The SMILES string of the molecule is CSc1ccc(C(=N)C(=O)Nc2ncc(CNCCc3ccccn3)s2)cc1. The van der Waals surface area contributed by atoms with Crippen molar-refractivity contribution in [2.45, 2.75) is 17.9 Å². The van der Waals surface area contributed by atoms with Gasteiger partial charge in [0, 0.05) is 52.9 Å². The highest BCUT2D eigenvalue weighted by Gasteiger charge is 2.14. The second-order valence-electron chi connectivity index (χ2n) is 5.94. The van der Waals surface area contributed by atoms with Gasteiger partial charge in [-0.25, -0.2) is 4.98 Å². The van der Waals surface area contributed by atoms with Crippen LogP contribution >= 0.6 is 23.1 Å². The molecule has 0 radical (unpaired) electrons. The molecule has 3 aromatic rings. The number of thiazole rings is 1. The Hall–Kier alpha value is -2.55. The Morgan fingerprint density at radius 2 is 2.00 bits per heavy atom. The largest absolute Gasteiger partial charge is 0.311 e. The fraction of sp³-hybridized carbons (Fsp3) is 0.200. The molecule has 0 atom stereocenters. The molecule has 8 heteroatoms. The van der Waals surface area contributed by atoms with Crippen molar-refractivity contribution in [2.75, 3.05) is 18.1 Å². The van der Waals surface area contributed by atoms with Crippen LogP contribution in [0.4, 0.5) is 5.13 Å². The summed E-state index contributed by atoms with van der Waals surface area (Å²) in [6, 6.07) is 13.3. The van der Waals surface area contributed by atoms with E-state index in [9.17, 15) is 4.79 Å². The first-order chi connectivity index (χ1) is 13.7. The molecular weight excluding hydrogens is 390 g/mol. The van der Waals surface area contributed by atoms with Crippen LogP contribution in [0, 0.1) is 5.41 Å². The third-order valence-corrected chi connectivity index (χ3v) is 5.62. The Labute approximate surface area is 172 Å². The number of benzene rings is 1. The lowest BCUT2D eigenvalue weighted by Crippen LogP contribution is -2.22. The van der Waals surface area contributed by atoms with Gasteiger partial charge in [0.2, 0.25) is 0 Å². The van der Waals surface area contributed by atoms with Gasteiger partial charge in [0.25, 0.3) is 5.91 Å². The normalized spacial score (nSPS) is 10.6. The van der Waals surface area contributed by atoms with Crippen molar-refractivity contribution in [1.82, 2.24) is 15.3 Å². The summed E-state index contributed by atoms with van der Waals surface area (Å²) in [6.07, 6.45) is 6.38. The van der Waals surface area contributed by atoms with E-state index in [-0.39, 0.29) is 5.71 Å². The van der Waals surface area contributed by atoms with E-state index < -0.39 is 5.91 Å². The van der Waals surface area contributed by atoms with Gasteiger partial charge in [-0.2, -0.15) is 0 Å². The zero-order valence-corrected chi connectivity index (χ0v) is 17.1. The van der Waals surface area contributed by atoms with Crippen LogP contribution in [0.15, 0.2) is 59.8 Å². The summed E-state index contributed by atoms with van der Waals surface area (Å²) >= 11 is 3.03. The molecule has 0 aliphatic carbocycles. The van der Waals surface area contributed by atoms with Crippen LogP contribution in [0.5, 0.6) is 0 Å². The number of carbonyl (C=O) groups excluding carboxylic acids is 1. The van der Waals surface area contributed by atoms with Gasteiger partial charge in [-0.3, -0.25) is 20.5 Å². The van der Waals surface area contributed by atoms with E-state index in [2.05, 4.69) is 20.6 Å². The maximum absolute atomic E-state index is 12.3. The average molecular weight is 412 g/mol. The van der Waals surface area contributed by atoms with E-state index in [0.29, 0.717) is 17.2 Å². The number of thioether (sulfide) groups is 1. The van der Waals surface area contributed by atoms with E-state index >= 15 is 0 Å². The van der Waals surface area contributed by atoms with Gasteiger partial charge in [-0.15, -0.1) is 23.1 Å². The van der Waals surface area contributed by atoms with Crippen LogP contribution in [0.1, 0.15) is 16.1 Å². The zero-order valence-electron chi connectivity index (χ0n) is 15.4. The number of nitrogens with one attached hydrogen (secondary N) is 3. The highest BCUT2D eigenvalue weighted by molar-refractivity contribution is 7.98. The van der Waals surface area contributed by atoms with Crippen LogP contribution in [-0.2, 0) is 17.8 Å². The quantitative estimate of drug-likeness (QED) is 0.284. The van der Waals surface area contributed by atoms with E-state index in [1.54, 1.807) is 36.3 Å². The molecule has 3 N–H and O–H groups in total. The van der Waals surface area contributed by atoms with Crippen molar-refractivity contribution < 1.29 is 4.79 Å². The van der Waals surface area contributed by atoms with Crippen molar-refractivity contribution in [3.8, 4) is 0 Å². The molecule has 3 rings (SSSR count). The fourth-order valence-corrected chi connectivity index (χ4v) is 3.65. The maximum atomic E-state index is 12.3. The van der Waals surface area contributed by atoms with Crippen molar-refractivity contribution in [3.05, 3.63) is 71.0 Å². The number of aromatic nitrogens is 2. The lowest BCUT2D eigenvalue weighted by atomic mass is 10.1. The molecule has 0 saturated carbocycles. The lowest BCUT2D eigenvalue weighted by Gasteiger charge is -2.05. The molecule has 0 fully saturated rings. The molecule has 144 valence electrons. The Kier molecular flexibility index (Phi) is 7.30. The van der Waals surface area contributed by atoms with Gasteiger partial charge in [0.15, 0.2) is 5.13 Å². The van der Waals surface area contributed by atoms with Crippen molar-refractivity contribution in [1.29, 1.82) is 5.41 Å². The summed E-state index contributed by atoms with van der Waals surface area (Å²) < 4.78 is 0. The molecule has 0 aliphatic heterocycles. The number of anilines is 1. The van der Waals surface area contributed by atoms with Gasteiger partial charge in [0.1, 0.15) is 5.71 Å². The maximum Gasteiger partial charge on any atom is 0.275 e. The Bertz CT molecular complexity index is 925. The summed E-state index contributed by atoms with van der Waals surface area (Å²) in [7, 11) is 0. The summed E-state index contributed by atoms with van der Waals surface area (Å²) in [5.74, 6) is -0.457. The van der Waals surface area contributed by atoms with Crippen LogP contribution in [0.25, 0.3) is 0 Å². The molecule has 1 aromatic carbocycles. The van der Waals surface area contributed by atoms with E-state index in [1.165, 1.54) is 11.3 Å². The van der Waals surface area contributed by atoms with Gasteiger partial charge < -0.3 is 5.32 Å². The first-order valence-electron chi connectivity index (χ1n) is 8.75. The molecule has 0 saturated heterocycles. The van der Waals surface area contributed by atoms with Gasteiger partial charge >= 0.3 is 0 Å². The third-order valence-electron chi connectivity index (χ3n) is 3.96. The number of hydrogen-bond donors (Lipinski definition) is 3. The number of carbonyl (C=O) groups is 1. The van der Waals surface area contributed by atoms with Crippen LogP contribution in [0.2, 0.25) is 0 Å². The van der Waals surface area contributed by atoms with Crippen LogP contribution in [0.3, 0.4) is 0 Å². The zero-order chi connectivity index (χ0) is 19.8. The van der Waals surface area contributed by atoms with E-state index in [1.807, 2.05) is 36.6 Å². The monoisotopic (exact) mass is 411 g/mol. The smallest absolute Gasteiger partial charge is 0.275 e. The second kappa shape index (κ2) is 10.1. The Morgan fingerprint density at radius 1 is 1.18 bits per heavy atom. The molecule has 0 unspecified atom stereocenters. The molecule has 0 aliphatic rings. The number of hydrogen-bond acceptors (Lipinski definition) is 7. The molecule has 1 amide bonds. The Balaban J connectivity index is 1.46. The van der Waals surface area contributed by atoms with Gasteiger partial charge in [0.05, 0.1) is 0 Å². The highest BCUT2D eigenvalue weighted by Crippen LogP contribution is 2.19. The van der Waals surface area contributed by atoms with Crippen LogP contribution < -0.4 is 10.6 Å². The number of amides is 1. The number of nitrogens with zero attached hydrogens (tertiary/aromatic N) is 2. The summed E-state index contributed by atoms with van der Waals surface area (Å²) in [5, 5.41) is 14.6. The molecule has 6 nitrogen and oxygen atoms in total. The van der Waals surface area contributed by atoms with E-state index in [0.717, 1.165) is 28.4 Å². The van der Waals surface area contributed by atoms with Crippen LogP contribution in [-0.4, -0.2) is 34.4 Å². The standard InChI is InChI=1S/C20H21N5OS2/c1-27-16-7-5-14(6-8-16)18(21)19(26)25-20-24-13-17(28-20)12-22-11-9-15-4-2-3-10-23-15/h2-8,10,13,21-22H,9,11-12H2,1H3,(H,24,25,26). The summed E-state index contributed by atoms with van der Waals surface area (Å²) in [6.45, 7) is 1.49. The molecule has 0 bridgehead atoms. The first-order valence-corrected chi connectivity index (χ1v) is 10.8. The summed E-state index contributed by atoms with van der Waals surface area (Å²) in [5.41, 5.74) is 1.57. The average Bonchev–Trinajstić information content (AvgIpc) is 3.18. The molecular formula is C20H21N5OS2. The number of rotatable bonds is 9. The lowest BCUT2D eigenvalue weighted by molar-refractivity contribution is -0.110. The molecule has 2 heterocycles. The Morgan fingerprint density at radius 3 is 2.71 bits per heavy atom. The van der Waals surface area contributed by atoms with Crippen molar-refractivity contribution >= 4 is 39.8 Å².